The zero-order valence-corrected chi connectivity index (χ0v) is 13.3. The second-order valence-electron chi connectivity index (χ2n) is 5.55. The molecule has 0 aromatic carbocycles. The smallest absolute Gasteiger partial charge is 0.305 e. The van der Waals surface area contributed by atoms with E-state index in [1.54, 1.807) is 0 Å². The van der Waals surface area contributed by atoms with Crippen LogP contribution in [0.25, 0.3) is 0 Å². The van der Waals surface area contributed by atoms with Crippen molar-refractivity contribution in [2.45, 2.75) is 44.9 Å². The lowest BCUT2D eigenvalue weighted by atomic mass is 9.94. The van der Waals surface area contributed by atoms with Crippen molar-refractivity contribution in [1.29, 1.82) is 0 Å². The molecule has 1 rings (SSSR count). The van der Waals surface area contributed by atoms with E-state index < -0.39 is 0 Å². The molecule has 0 aromatic rings. The van der Waals surface area contributed by atoms with Crippen LogP contribution in [-0.4, -0.2) is 54.6 Å². The van der Waals surface area contributed by atoms with Gasteiger partial charge < -0.3 is 14.7 Å². The Morgan fingerprint density at radius 3 is 2.65 bits per heavy atom. The standard InChI is InChI=1S/C15H29NO3S/c17-11-3-1-2-4-15(18)19-12-7-14-5-8-16(9-6-14)10-13-20/h14,17,20H,1-13H2. The minimum atomic E-state index is -0.0875. The summed E-state index contributed by atoms with van der Waals surface area (Å²) in [5.41, 5.74) is 0. The molecule has 4 nitrogen and oxygen atoms in total. The molecule has 0 aliphatic carbocycles. The number of rotatable bonds is 10. The van der Waals surface area contributed by atoms with E-state index in [0.29, 0.717) is 18.9 Å². The topological polar surface area (TPSA) is 49.8 Å². The van der Waals surface area contributed by atoms with Gasteiger partial charge in [-0.3, -0.25) is 4.79 Å². The number of likely N-dealkylation sites (tertiary alicyclic amines) is 1. The van der Waals surface area contributed by atoms with Gasteiger partial charge in [0.2, 0.25) is 0 Å². The van der Waals surface area contributed by atoms with E-state index in [1.807, 2.05) is 0 Å². The number of esters is 1. The van der Waals surface area contributed by atoms with Gasteiger partial charge in [-0.2, -0.15) is 12.6 Å². The summed E-state index contributed by atoms with van der Waals surface area (Å²) < 4.78 is 5.27. The predicted octanol–water partition coefficient (Wildman–Crippen LogP) is 2.11. The molecule has 0 bridgehead atoms. The third-order valence-electron chi connectivity index (χ3n) is 3.95. The van der Waals surface area contributed by atoms with Gasteiger partial charge in [-0.05, 0) is 51.1 Å². The lowest BCUT2D eigenvalue weighted by Gasteiger charge is -2.31. The first kappa shape index (κ1) is 17.8. The van der Waals surface area contributed by atoms with Crippen molar-refractivity contribution in [3.05, 3.63) is 0 Å². The molecule has 1 N–H and O–H groups in total. The van der Waals surface area contributed by atoms with Crippen LogP contribution in [0.3, 0.4) is 0 Å². The van der Waals surface area contributed by atoms with Gasteiger partial charge in [0, 0.05) is 25.3 Å². The van der Waals surface area contributed by atoms with Crippen molar-refractivity contribution in [2.75, 3.05) is 38.6 Å². The molecule has 0 atom stereocenters. The highest BCUT2D eigenvalue weighted by molar-refractivity contribution is 7.80. The number of ether oxygens (including phenoxy) is 1. The number of carbonyl (C=O) groups is 1. The molecule has 0 amide bonds. The van der Waals surface area contributed by atoms with Crippen molar-refractivity contribution in [1.82, 2.24) is 4.90 Å². The van der Waals surface area contributed by atoms with Gasteiger partial charge in [-0.15, -0.1) is 0 Å². The van der Waals surface area contributed by atoms with Crippen molar-refractivity contribution >= 4 is 18.6 Å². The van der Waals surface area contributed by atoms with E-state index >= 15 is 0 Å². The van der Waals surface area contributed by atoms with Gasteiger partial charge >= 0.3 is 5.97 Å². The Kier molecular flexibility index (Phi) is 10.1. The van der Waals surface area contributed by atoms with Crippen LogP contribution in [0, 0.1) is 5.92 Å². The normalized spacial score (nSPS) is 17.3. The molecule has 1 aliphatic rings. The molecule has 118 valence electrons. The lowest BCUT2D eigenvalue weighted by molar-refractivity contribution is -0.144. The number of thiol groups is 1. The predicted molar refractivity (Wildman–Crippen MR) is 84.1 cm³/mol. The summed E-state index contributed by atoms with van der Waals surface area (Å²) in [4.78, 5) is 13.9. The Hall–Kier alpha value is -0.260. The zero-order valence-electron chi connectivity index (χ0n) is 12.4. The molecule has 0 radical (unpaired) electrons. The number of hydrogen-bond acceptors (Lipinski definition) is 5. The van der Waals surface area contributed by atoms with E-state index in [1.165, 1.54) is 12.8 Å². The van der Waals surface area contributed by atoms with Crippen LogP contribution >= 0.6 is 12.6 Å². The van der Waals surface area contributed by atoms with Crippen molar-refractivity contribution in [3.8, 4) is 0 Å². The average Bonchev–Trinajstić information content (AvgIpc) is 2.46. The summed E-state index contributed by atoms with van der Waals surface area (Å²) in [6.45, 7) is 4.16. The monoisotopic (exact) mass is 303 g/mol. The SMILES string of the molecule is O=C(CCCCCO)OCCC1CCN(CCS)CC1. The molecule has 1 saturated heterocycles. The number of unbranched alkanes of at least 4 members (excludes halogenated alkanes) is 2. The number of carbonyl (C=O) groups excluding carboxylic acids is 1. The van der Waals surface area contributed by atoms with Crippen molar-refractivity contribution in [2.24, 2.45) is 5.92 Å². The molecule has 5 heteroatoms. The molecule has 1 fully saturated rings. The van der Waals surface area contributed by atoms with E-state index in [2.05, 4.69) is 17.5 Å². The fourth-order valence-corrected chi connectivity index (χ4v) is 2.89. The highest BCUT2D eigenvalue weighted by Crippen LogP contribution is 2.20. The molecule has 0 spiro atoms. The maximum atomic E-state index is 11.5. The summed E-state index contributed by atoms with van der Waals surface area (Å²) >= 11 is 4.26. The Bertz CT molecular complexity index is 256. The number of aliphatic hydroxyl groups is 1. The molecular formula is C15H29NO3S. The van der Waals surface area contributed by atoms with Crippen LogP contribution in [0.2, 0.25) is 0 Å². The van der Waals surface area contributed by atoms with Crippen LogP contribution in [-0.2, 0) is 9.53 Å². The summed E-state index contributed by atoms with van der Waals surface area (Å²) in [7, 11) is 0. The molecule has 0 saturated carbocycles. The minimum Gasteiger partial charge on any atom is -0.466 e. The third kappa shape index (κ3) is 8.12. The first-order valence-corrected chi connectivity index (χ1v) is 8.49. The van der Waals surface area contributed by atoms with E-state index in [9.17, 15) is 4.79 Å². The van der Waals surface area contributed by atoms with Gasteiger partial charge in [0.05, 0.1) is 6.61 Å². The summed E-state index contributed by atoms with van der Waals surface area (Å²) in [5.74, 6) is 1.54. The quantitative estimate of drug-likeness (QED) is 0.369. The fourth-order valence-electron chi connectivity index (χ4n) is 2.61. The second kappa shape index (κ2) is 11.4. The average molecular weight is 303 g/mol. The Morgan fingerprint density at radius 1 is 1.25 bits per heavy atom. The van der Waals surface area contributed by atoms with E-state index in [-0.39, 0.29) is 12.6 Å². The Labute approximate surface area is 128 Å². The van der Waals surface area contributed by atoms with Crippen LogP contribution in [0.15, 0.2) is 0 Å². The van der Waals surface area contributed by atoms with Crippen molar-refractivity contribution < 1.29 is 14.6 Å². The Balaban J connectivity index is 1.97. The number of piperidine rings is 1. The lowest BCUT2D eigenvalue weighted by Crippen LogP contribution is -2.35. The van der Waals surface area contributed by atoms with E-state index in [4.69, 9.17) is 9.84 Å². The molecular weight excluding hydrogens is 274 g/mol. The van der Waals surface area contributed by atoms with Crippen molar-refractivity contribution in [3.63, 3.8) is 0 Å². The first-order chi connectivity index (χ1) is 9.76. The zero-order chi connectivity index (χ0) is 14.6. The first-order valence-electron chi connectivity index (χ1n) is 7.86. The summed E-state index contributed by atoms with van der Waals surface area (Å²) in [6.07, 6.45) is 6.40. The van der Waals surface area contributed by atoms with Gasteiger partial charge in [0.1, 0.15) is 0 Å². The molecule has 1 aliphatic heterocycles. The molecule has 0 aromatic heterocycles. The third-order valence-corrected chi connectivity index (χ3v) is 4.15. The summed E-state index contributed by atoms with van der Waals surface area (Å²) in [5, 5.41) is 8.65. The highest BCUT2D eigenvalue weighted by atomic mass is 32.1. The number of aliphatic hydroxyl groups excluding tert-OH is 1. The maximum absolute atomic E-state index is 11.5. The van der Waals surface area contributed by atoms with Gasteiger partial charge in [0.25, 0.3) is 0 Å². The van der Waals surface area contributed by atoms with E-state index in [0.717, 1.165) is 51.1 Å². The molecule has 0 unspecified atom stereocenters. The number of nitrogens with zero attached hydrogens (tertiary/aromatic N) is 1. The van der Waals surface area contributed by atoms with Crippen LogP contribution in [0.1, 0.15) is 44.9 Å². The fraction of sp³-hybridized carbons (Fsp3) is 0.933. The summed E-state index contributed by atoms with van der Waals surface area (Å²) in [6, 6.07) is 0. The van der Waals surface area contributed by atoms with Crippen LogP contribution in [0.4, 0.5) is 0 Å². The largest absolute Gasteiger partial charge is 0.466 e. The van der Waals surface area contributed by atoms with Gasteiger partial charge in [0.15, 0.2) is 0 Å². The molecule has 20 heavy (non-hydrogen) atoms. The maximum Gasteiger partial charge on any atom is 0.305 e. The van der Waals surface area contributed by atoms with Gasteiger partial charge in [-0.25, -0.2) is 0 Å². The number of hydrogen-bond donors (Lipinski definition) is 2. The van der Waals surface area contributed by atoms with Crippen LogP contribution in [0.5, 0.6) is 0 Å². The Morgan fingerprint density at radius 2 is 2.00 bits per heavy atom. The molecule has 1 heterocycles. The minimum absolute atomic E-state index is 0.0875. The van der Waals surface area contributed by atoms with Gasteiger partial charge in [-0.1, -0.05) is 6.42 Å². The van der Waals surface area contributed by atoms with Crippen LogP contribution < -0.4 is 0 Å². The highest BCUT2D eigenvalue weighted by Gasteiger charge is 2.18. The second-order valence-corrected chi connectivity index (χ2v) is 6.00.